The summed E-state index contributed by atoms with van der Waals surface area (Å²) >= 11 is 0. The lowest BCUT2D eigenvalue weighted by Gasteiger charge is -2.33. The third-order valence-electron chi connectivity index (χ3n) is 6.51. The Morgan fingerprint density at radius 3 is 2.56 bits per heavy atom. The van der Waals surface area contributed by atoms with E-state index in [-0.39, 0.29) is 16.7 Å². The van der Waals surface area contributed by atoms with Crippen molar-refractivity contribution in [1.29, 1.82) is 0 Å². The van der Waals surface area contributed by atoms with E-state index < -0.39 is 10.0 Å². The van der Waals surface area contributed by atoms with Crippen molar-refractivity contribution in [3.8, 4) is 0 Å². The van der Waals surface area contributed by atoms with Gasteiger partial charge < -0.3 is 10.2 Å². The standard InChI is InChI=1S/C20H27N3O3S/c1-14(2)20(9-10-20)13-21-19(24)15-7-11-23(12-8-15)18-16-5-3-4-6-17(16)27(25,26)22-18/h3-6,14-15H,7-13H2,1-2H3,(H,21,24). The molecule has 1 amide bonds. The van der Waals surface area contributed by atoms with Crippen molar-refractivity contribution in [3.05, 3.63) is 29.8 Å². The first kappa shape index (κ1) is 18.5. The van der Waals surface area contributed by atoms with Crippen LogP contribution in [0.15, 0.2) is 33.6 Å². The summed E-state index contributed by atoms with van der Waals surface area (Å²) in [5.41, 5.74) is 0.987. The quantitative estimate of drug-likeness (QED) is 0.858. The number of amidine groups is 1. The largest absolute Gasteiger partial charge is 0.355 e. The Morgan fingerprint density at radius 1 is 1.26 bits per heavy atom. The van der Waals surface area contributed by atoms with Crippen LogP contribution in [0.3, 0.4) is 0 Å². The van der Waals surface area contributed by atoms with Crippen LogP contribution >= 0.6 is 0 Å². The highest BCUT2D eigenvalue weighted by atomic mass is 32.2. The van der Waals surface area contributed by atoms with Gasteiger partial charge in [0.25, 0.3) is 10.0 Å². The summed E-state index contributed by atoms with van der Waals surface area (Å²) in [5.74, 6) is 1.27. The number of carbonyl (C=O) groups is 1. The first-order valence-corrected chi connectivity index (χ1v) is 11.2. The lowest BCUT2D eigenvalue weighted by atomic mass is 9.91. The van der Waals surface area contributed by atoms with E-state index in [9.17, 15) is 13.2 Å². The van der Waals surface area contributed by atoms with Gasteiger partial charge in [-0.2, -0.15) is 8.42 Å². The number of nitrogens with zero attached hydrogens (tertiary/aromatic N) is 2. The minimum absolute atomic E-state index is 0.00179. The molecule has 0 bridgehead atoms. The number of likely N-dealkylation sites (tertiary alicyclic amines) is 1. The second kappa shape index (κ2) is 6.62. The molecule has 6 nitrogen and oxygen atoms in total. The Balaban J connectivity index is 1.37. The molecule has 146 valence electrons. The molecule has 1 N–H and O–H groups in total. The monoisotopic (exact) mass is 389 g/mol. The molecule has 4 rings (SSSR count). The number of amides is 1. The van der Waals surface area contributed by atoms with Crippen LogP contribution in [0.2, 0.25) is 0 Å². The molecular weight excluding hydrogens is 362 g/mol. The molecule has 2 fully saturated rings. The zero-order valence-corrected chi connectivity index (χ0v) is 16.8. The number of carbonyl (C=O) groups excluding carboxylic acids is 1. The van der Waals surface area contributed by atoms with Crippen LogP contribution in [0.1, 0.15) is 45.1 Å². The summed E-state index contributed by atoms with van der Waals surface area (Å²) in [6.07, 6.45) is 3.86. The van der Waals surface area contributed by atoms with Gasteiger partial charge in [0, 0.05) is 31.1 Å². The van der Waals surface area contributed by atoms with Crippen molar-refractivity contribution in [2.75, 3.05) is 19.6 Å². The maximum absolute atomic E-state index is 12.6. The molecule has 1 aromatic rings. The summed E-state index contributed by atoms with van der Waals surface area (Å²) in [4.78, 5) is 14.9. The minimum Gasteiger partial charge on any atom is -0.355 e. The van der Waals surface area contributed by atoms with Crippen LogP contribution in [-0.4, -0.2) is 44.7 Å². The first-order chi connectivity index (χ1) is 12.8. The van der Waals surface area contributed by atoms with Crippen LogP contribution in [0.5, 0.6) is 0 Å². The zero-order chi connectivity index (χ0) is 19.2. The van der Waals surface area contributed by atoms with Crippen LogP contribution in [0, 0.1) is 17.3 Å². The Labute approximate surface area is 161 Å². The van der Waals surface area contributed by atoms with Gasteiger partial charge in [0.1, 0.15) is 4.90 Å². The Kier molecular flexibility index (Phi) is 4.53. The number of benzene rings is 1. The van der Waals surface area contributed by atoms with E-state index in [0.717, 1.165) is 19.4 Å². The van der Waals surface area contributed by atoms with Gasteiger partial charge in [0.15, 0.2) is 5.84 Å². The van der Waals surface area contributed by atoms with Gasteiger partial charge in [0.2, 0.25) is 5.91 Å². The Hall–Kier alpha value is -1.89. The molecule has 2 heterocycles. The number of sulfonamides is 1. The summed E-state index contributed by atoms with van der Waals surface area (Å²) in [6.45, 7) is 6.53. The predicted molar refractivity (Wildman–Crippen MR) is 104 cm³/mol. The number of hydrogen-bond donors (Lipinski definition) is 1. The van der Waals surface area contributed by atoms with E-state index in [1.165, 1.54) is 12.8 Å². The molecule has 1 saturated carbocycles. The molecule has 0 aromatic heterocycles. The lowest BCUT2D eigenvalue weighted by molar-refractivity contribution is -0.126. The smallest absolute Gasteiger partial charge is 0.285 e. The topological polar surface area (TPSA) is 78.8 Å². The van der Waals surface area contributed by atoms with Crippen molar-refractivity contribution >= 4 is 21.8 Å². The second-order valence-electron chi connectivity index (χ2n) is 8.38. The zero-order valence-electron chi connectivity index (χ0n) is 15.9. The second-order valence-corrected chi connectivity index (χ2v) is 9.95. The van der Waals surface area contributed by atoms with E-state index in [2.05, 4.69) is 23.6 Å². The van der Waals surface area contributed by atoms with E-state index in [1.54, 1.807) is 18.2 Å². The molecule has 1 saturated heterocycles. The number of nitrogens with one attached hydrogen (secondary N) is 1. The molecule has 7 heteroatoms. The normalized spacial score (nSPS) is 23.1. The van der Waals surface area contributed by atoms with Crippen LogP contribution in [0.25, 0.3) is 0 Å². The number of rotatable bonds is 4. The summed E-state index contributed by atoms with van der Waals surface area (Å²) < 4.78 is 28.5. The summed E-state index contributed by atoms with van der Waals surface area (Å²) in [6, 6.07) is 6.95. The van der Waals surface area contributed by atoms with E-state index in [1.807, 2.05) is 11.0 Å². The fourth-order valence-electron chi connectivity index (χ4n) is 4.20. The summed E-state index contributed by atoms with van der Waals surface area (Å²) in [7, 11) is -3.59. The fourth-order valence-corrected chi connectivity index (χ4v) is 5.42. The van der Waals surface area contributed by atoms with Gasteiger partial charge >= 0.3 is 0 Å². The van der Waals surface area contributed by atoms with Crippen LogP contribution in [0.4, 0.5) is 0 Å². The lowest BCUT2D eigenvalue weighted by Crippen LogP contribution is -2.44. The van der Waals surface area contributed by atoms with E-state index in [0.29, 0.717) is 35.8 Å². The molecule has 0 spiro atoms. The van der Waals surface area contributed by atoms with Crippen molar-refractivity contribution < 1.29 is 13.2 Å². The van der Waals surface area contributed by atoms with E-state index >= 15 is 0 Å². The highest BCUT2D eigenvalue weighted by Gasteiger charge is 2.45. The molecule has 2 aliphatic heterocycles. The average Bonchev–Trinajstić information content (AvgIpc) is 3.41. The fraction of sp³-hybridized carbons (Fsp3) is 0.600. The molecule has 0 radical (unpaired) electrons. The highest BCUT2D eigenvalue weighted by Crippen LogP contribution is 2.51. The molecule has 1 aromatic carbocycles. The first-order valence-electron chi connectivity index (χ1n) is 9.79. The van der Waals surface area contributed by atoms with Gasteiger partial charge in [0.05, 0.1) is 0 Å². The SMILES string of the molecule is CC(C)C1(CNC(=O)C2CCN(C3=NS(=O)(=O)c4ccccc43)CC2)CC1. The molecule has 1 aliphatic carbocycles. The van der Waals surface area contributed by atoms with Crippen LogP contribution < -0.4 is 5.32 Å². The van der Waals surface area contributed by atoms with Gasteiger partial charge in [-0.05, 0) is 49.1 Å². The number of fused-ring (bicyclic) bond motifs is 1. The third-order valence-corrected chi connectivity index (χ3v) is 7.83. The third kappa shape index (κ3) is 3.37. The van der Waals surface area contributed by atoms with Crippen molar-refractivity contribution in [3.63, 3.8) is 0 Å². The molecule has 27 heavy (non-hydrogen) atoms. The average molecular weight is 390 g/mol. The molecule has 0 atom stereocenters. The van der Waals surface area contributed by atoms with Gasteiger partial charge in [-0.15, -0.1) is 4.40 Å². The summed E-state index contributed by atoms with van der Waals surface area (Å²) in [5, 5.41) is 3.17. The Morgan fingerprint density at radius 2 is 1.93 bits per heavy atom. The maximum atomic E-state index is 12.6. The minimum atomic E-state index is -3.59. The van der Waals surface area contributed by atoms with E-state index in [4.69, 9.17) is 0 Å². The molecule has 3 aliphatic rings. The van der Waals surface area contributed by atoms with Crippen molar-refractivity contribution in [2.45, 2.75) is 44.4 Å². The molecular formula is C20H27N3O3S. The highest BCUT2D eigenvalue weighted by molar-refractivity contribution is 7.90. The van der Waals surface area contributed by atoms with Gasteiger partial charge in [-0.25, -0.2) is 0 Å². The number of piperidine rings is 1. The maximum Gasteiger partial charge on any atom is 0.285 e. The van der Waals surface area contributed by atoms with Gasteiger partial charge in [-0.3, -0.25) is 4.79 Å². The van der Waals surface area contributed by atoms with Gasteiger partial charge in [-0.1, -0.05) is 26.0 Å². The Bertz CT molecular complexity index is 879. The van der Waals surface area contributed by atoms with Crippen LogP contribution in [-0.2, 0) is 14.8 Å². The van der Waals surface area contributed by atoms with Crippen molar-refractivity contribution in [2.24, 2.45) is 21.6 Å². The number of hydrogen-bond acceptors (Lipinski definition) is 4. The predicted octanol–water partition coefficient (Wildman–Crippen LogP) is 2.40. The molecule has 0 unspecified atom stereocenters. The van der Waals surface area contributed by atoms with Crippen molar-refractivity contribution in [1.82, 2.24) is 10.2 Å².